The summed E-state index contributed by atoms with van der Waals surface area (Å²) in [7, 11) is 0. The first-order valence-corrected chi connectivity index (χ1v) is 7.70. The Balaban J connectivity index is 1.64. The van der Waals surface area contributed by atoms with Crippen LogP contribution in [0.2, 0.25) is 0 Å². The fraction of sp³-hybridized carbons (Fsp3) is 1.00. The van der Waals surface area contributed by atoms with Crippen LogP contribution in [0.5, 0.6) is 0 Å². The second-order valence-corrected chi connectivity index (χ2v) is 6.51. The van der Waals surface area contributed by atoms with Crippen molar-refractivity contribution in [2.75, 3.05) is 19.8 Å². The molecule has 0 spiro atoms. The molecule has 0 amide bonds. The molecule has 1 unspecified atom stereocenters. The molecule has 2 heteroatoms. The zero-order valence-electron chi connectivity index (χ0n) is 11.0. The van der Waals surface area contributed by atoms with E-state index in [-0.39, 0.29) is 0 Å². The Labute approximate surface area is 105 Å². The van der Waals surface area contributed by atoms with Crippen molar-refractivity contribution in [1.82, 2.24) is 5.32 Å². The SMILES string of the molecule is C1CCC(C2(CNC3CC3)CCCOC2)CC1. The molecule has 0 aromatic heterocycles. The maximum Gasteiger partial charge on any atom is 0.0537 e. The van der Waals surface area contributed by atoms with Gasteiger partial charge >= 0.3 is 0 Å². The largest absolute Gasteiger partial charge is 0.381 e. The van der Waals surface area contributed by atoms with Crippen molar-refractivity contribution in [1.29, 1.82) is 0 Å². The Morgan fingerprint density at radius 3 is 2.47 bits per heavy atom. The van der Waals surface area contributed by atoms with Gasteiger partial charge in [-0.25, -0.2) is 0 Å². The van der Waals surface area contributed by atoms with E-state index >= 15 is 0 Å². The van der Waals surface area contributed by atoms with Crippen molar-refractivity contribution >= 4 is 0 Å². The summed E-state index contributed by atoms with van der Waals surface area (Å²) in [5.41, 5.74) is 0.487. The molecule has 1 aliphatic heterocycles. The molecule has 98 valence electrons. The van der Waals surface area contributed by atoms with E-state index in [1.165, 1.54) is 64.3 Å². The van der Waals surface area contributed by atoms with Crippen LogP contribution in [0.15, 0.2) is 0 Å². The van der Waals surface area contributed by atoms with Gasteiger partial charge in [0.25, 0.3) is 0 Å². The third kappa shape index (κ3) is 2.85. The molecule has 3 fully saturated rings. The minimum Gasteiger partial charge on any atom is -0.381 e. The lowest BCUT2D eigenvalue weighted by molar-refractivity contribution is -0.0511. The highest BCUT2D eigenvalue weighted by Crippen LogP contribution is 2.44. The van der Waals surface area contributed by atoms with Gasteiger partial charge in [-0.15, -0.1) is 0 Å². The van der Waals surface area contributed by atoms with Crippen LogP contribution in [0, 0.1) is 11.3 Å². The van der Waals surface area contributed by atoms with Gasteiger partial charge in [-0.05, 0) is 44.4 Å². The van der Waals surface area contributed by atoms with Gasteiger partial charge in [0.05, 0.1) is 6.61 Å². The van der Waals surface area contributed by atoms with Crippen LogP contribution in [-0.2, 0) is 4.74 Å². The van der Waals surface area contributed by atoms with Gasteiger partial charge in [-0.3, -0.25) is 0 Å². The number of rotatable bonds is 4. The summed E-state index contributed by atoms with van der Waals surface area (Å²) in [4.78, 5) is 0. The summed E-state index contributed by atoms with van der Waals surface area (Å²) in [6, 6.07) is 0.845. The molecule has 1 atom stereocenters. The molecule has 0 aromatic carbocycles. The zero-order valence-corrected chi connectivity index (χ0v) is 11.0. The van der Waals surface area contributed by atoms with Gasteiger partial charge in [-0.2, -0.15) is 0 Å². The maximum atomic E-state index is 5.85. The van der Waals surface area contributed by atoms with Crippen LogP contribution in [0.3, 0.4) is 0 Å². The molecule has 2 saturated carbocycles. The smallest absolute Gasteiger partial charge is 0.0537 e. The van der Waals surface area contributed by atoms with Crippen molar-refractivity contribution in [3.63, 3.8) is 0 Å². The van der Waals surface area contributed by atoms with Gasteiger partial charge < -0.3 is 10.1 Å². The van der Waals surface area contributed by atoms with Crippen molar-refractivity contribution in [2.24, 2.45) is 11.3 Å². The van der Waals surface area contributed by atoms with Crippen molar-refractivity contribution in [3.05, 3.63) is 0 Å². The van der Waals surface area contributed by atoms with Crippen LogP contribution in [0.1, 0.15) is 57.8 Å². The number of nitrogens with one attached hydrogen (secondary N) is 1. The van der Waals surface area contributed by atoms with E-state index in [9.17, 15) is 0 Å². The van der Waals surface area contributed by atoms with Gasteiger partial charge in [0, 0.05) is 24.6 Å². The van der Waals surface area contributed by atoms with Gasteiger partial charge in [-0.1, -0.05) is 19.3 Å². The Bertz CT molecular complexity index is 237. The first-order chi connectivity index (χ1) is 8.39. The monoisotopic (exact) mass is 237 g/mol. The molecule has 1 N–H and O–H groups in total. The van der Waals surface area contributed by atoms with E-state index in [0.29, 0.717) is 5.41 Å². The Kier molecular flexibility index (Phi) is 3.72. The van der Waals surface area contributed by atoms with Crippen LogP contribution in [-0.4, -0.2) is 25.8 Å². The summed E-state index contributed by atoms with van der Waals surface area (Å²) < 4.78 is 5.85. The van der Waals surface area contributed by atoms with E-state index in [4.69, 9.17) is 4.74 Å². The topological polar surface area (TPSA) is 21.3 Å². The number of ether oxygens (including phenoxy) is 1. The molecule has 17 heavy (non-hydrogen) atoms. The highest BCUT2D eigenvalue weighted by molar-refractivity contribution is 4.94. The van der Waals surface area contributed by atoms with Crippen LogP contribution >= 0.6 is 0 Å². The van der Waals surface area contributed by atoms with E-state index < -0.39 is 0 Å². The predicted molar refractivity (Wildman–Crippen MR) is 70.1 cm³/mol. The summed E-state index contributed by atoms with van der Waals surface area (Å²) in [5.74, 6) is 0.933. The molecule has 2 nitrogen and oxygen atoms in total. The average molecular weight is 237 g/mol. The van der Waals surface area contributed by atoms with Crippen LogP contribution in [0.4, 0.5) is 0 Å². The molecular formula is C15H27NO. The van der Waals surface area contributed by atoms with E-state index in [1.807, 2.05) is 0 Å². The normalized spacial score (nSPS) is 36.0. The molecular weight excluding hydrogens is 210 g/mol. The van der Waals surface area contributed by atoms with Gasteiger partial charge in [0.15, 0.2) is 0 Å². The first-order valence-electron chi connectivity index (χ1n) is 7.70. The van der Waals surface area contributed by atoms with Crippen LogP contribution in [0.25, 0.3) is 0 Å². The zero-order chi connectivity index (χ0) is 11.6. The molecule has 3 aliphatic rings. The number of hydrogen-bond donors (Lipinski definition) is 1. The van der Waals surface area contributed by atoms with Gasteiger partial charge in [0.1, 0.15) is 0 Å². The predicted octanol–water partition coefficient (Wildman–Crippen LogP) is 3.12. The standard InChI is InChI=1S/C15H27NO/c1-2-5-13(6-3-1)15(9-4-10-17-12-15)11-16-14-7-8-14/h13-14,16H,1-12H2. The Morgan fingerprint density at radius 1 is 1.00 bits per heavy atom. The van der Waals surface area contributed by atoms with Crippen LogP contribution < -0.4 is 5.32 Å². The highest BCUT2D eigenvalue weighted by atomic mass is 16.5. The van der Waals surface area contributed by atoms with Crippen molar-refractivity contribution < 1.29 is 4.74 Å². The third-order valence-corrected chi connectivity index (χ3v) is 5.14. The number of hydrogen-bond acceptors (Lipinski definition) is 2. The second kappa shape index (κ2) is 5.27. The quantitative estimate of drug-likeness (QED) is 0.811. The summed E-state index contributed by atoms with van der Waals surface area (Å²) in [6.07, 6.45) is 12.8. The highest BCUT2D eigenvalue weighted by Gasteiger charge is 2.41. The fourth-order valence-electron chi connectivity index (χ4n) is 3.83. The molecule has 0 radical (unpaired) electrons. The lowest BCUT2D eigenvalue weighted by Gasteiger charge is -2.45. The Morgan fingerprint density at radius 2 is 1.82 bits per heavy atom. The average Bonchev–Trinajstić information content (AvgIpc) is 3.23. The van der Waals surface area contributed by atoms with E-state index in [1.54, 1.807) is 0 Å². The van der Waals surface area contributed by atoms with Gasteiger partial charge in [0.2, 0.25) is 0 Å². The molecule has 3 rings (SSSR count). The van der Waals surface area contributed by atoms with Crippen molar-refractivity contribution in [3.8, 4) is 0 Å². The van der Waals surface area contributed by atoms with E-state index in [0.717, 1.165) is 25.2 Å². The molecule has 0 bridgehead atoms. The first kappa shape index (κ1) is 12.0. The summed E-state index contributed by atoms with van der Waals surface area (Å²) >= 11 is 0. The molecule has 1 saturated heterocycles. The fourth-order valence-corrected chi connectivity index (χ4v) is 3.83. The van der Waals surface area contributed by atoms with E-state index in [2.05, 4.69) is 5.32 Å². The third-order valence-electron chi connectivity index (χ3n) is 5.14. The minimum atomic E-state index is 0.487. The second-order valence-electron chi connectivity index (χ2n) is 6.51. The maximum absolute atomic E-state index is 5.85. The minimum absolute atomic E-state index is 0.487. The molecule has 2 aliphatic carbocycles. The lowest BCUT2D eigenvalue weighted by Crippen LogP contribution is -2.47. The summed E-state index contributed by atoms with van der Waals surface area (Å²) in [6.45, 7) is 3.25. The lowest BCUT2D eigenvalue weighted by atomic mass is 9.66. The molecule has 1 heterocycles. The molecule has 0 aromatic rings. The summed E-state index contributed by atoms with van der Waals surface area (Å²) in [5, 5.41) is 3.78. The Hall–Kier alpha value is -0.0800. The van der Waals surface area contributed by atoms with Crippen molar-refractivity contribution in [2.45, 2.75) is 63.8 Å².